The van der Waals surface area contributed by atoms with E-state index in [0.29, 0.717) is 12.2 Å². The van der Waals surface area contributed by atoms with Crippen LogP contribution >= 0.6 is 0 Å². The van der Waals surface area contributed by atoms with E-state index in [9.17, 15) is 14.9 Å². The van der Waals surface area contributed by atoms with Crippen LogP contribution < -0.4 is 5.32 Å². The van der Waals surface area contributed by atoms with Crippen LogP contribution in [0.15, 0.2) is 18.2 Å². The Labute approximate surface area is 134 Å². The number of non-ortho nitro benzene ring substituents is 1. The average Bonchev–Trinajstić information content (AvgIpc) is 2.55. The Kier molecular flexibility index (Phi) is 5.49. The minimum absolute atomic E-state index is 0.0903. The molecule has 8 nitrogen and oxygen atoms in total. The summed E-state index contributed by atoms with van der Waals surface area (Å²) < 4.78 is 0. The zero-order valence-electron chi connectivity index (χ0n) is 13.0. The Hall–Kier alpha value is -2.66. The molecule has 1 aromatic rings. The van der Waals surface area contributed by atoms with Crippen molar-refractivity contribution in [2.75, 3.05) is 44.6 Å². The lowest BCUT2D eigenvalue weighted by molar-refractivity contribution is -0.384. The number of rotatable bonds is 5. The predicted octanol–water partition coefficient (Wildman–Crippen LogP) is 1.04. The molecule has 0 saturated carbocycles. The number of hydrogen-bond donors (Lipinski definition) is 1. The molecule has 0 bridgehead atoms. The van der Waals surface area contributed by atoms with Gasteiger partial charge in [0.1, 0.15) is 6.07 Å². The third kappa shape index (κ3) is 4.40. The van der Waals surface area contributed by atoms with Crippen molar-refractivity contribution in [3.8, 4) is 6.07 Å². The van der Waals surface area contributed by atoms with Crippen LogP contribution in [0.4, 0.5) is 11.4 Å². The standard InChI is InChI=1S/C15H19N5O3/c1-12(21)19-8-6-18(7-9-19)5-4-17-15-3-2-14(20(22)23)10-13(15)11-16/h2-3,10,17H,4-9H2,1H3. The summed E-state index contributed by atoms with van der Waals surface area (Å²) in [6.07, 6.45) is 0. The molecular weight excluding hydrogens is 298 g/mol. The molecule has 1 N–H and O–H groups in total. The number of nitro groups is 1. The van der Waals surface area contributed by atoms with Gasteiger partial charge in [0.2, 0.25) is 5.91 Å². The van der Waals surface area contributed by atoms with Crippen LogP contribution in [0.1, 0.15) is 12.5 Å². The zero-order chi connectivity index (χ0) is 16.8. The van der Waals surface area contributed by atoms with Gasteiger partial charge in [-0.25, -0.2) is 0 Å². The van der Waals surface area contributed by atoms with E-state index < -0.39 is 4.92 Å². The largest absolute Gasteiger partial charge is 0.383 e. The van der Waals surface area contributed by atoms with Crippen LogP contribution in [-0.2, 0) is 4.79 Å². The number of anilines is 1. The summed E-state index contributed by atoms with van der Waals surface area (Å²) in [7, 11) is 0. The van der Waals surface area contributed by atoms with Gasteiger partial charge in [-0.15, -0.1) is 0 Å². The van der Waals surface area contributed by atoms with Gasteiger partial charge in [0, 0.05) is 58.3 Å². The van der Waals surface area contributed by atoms with Crippen LogP contribution in [0.3, 0.4) is 0 Å². The fraction of sp³-hybridized carbons (Fsp3) is 0.467. The summed E-state index contributed by atoms with van der Waals surface area (Å²) in [6.45, 7) is 6.11. The molecule has 0 unspecified atom stereocenters. The Balaban J connectivity index is 1.84. The first-order valence-corrected chi connectivity index (χ1v) is 7.41. The van der Waals surface area contributed by atoms with Gasteiger partial charge in [-0.3, -0.25) is 19.8 Å². The van der Waals surface area contributed by atoms with E-state index in [2.05, 4.69) is 10.2 Å². The molecule has 1 aliphatic rings. The van der Waals surface area contributed by atoms with Gasteiger partial charge in [-0.05, 0) is 6.07 Å². The Bertz CT molecular complexity index is 632. The second kappa shape index (κ2) is 7.56. The van der Waals surface area contributed by atoms with Gasteiger partial charge in [-0.2, -0.15) is 5.26 Å². The summed E-state index contributed by atoms with van der Waals surface area (Å²) in [4.78, 5) is 25.5. The van der Waals surface area contributed by atoms with Gasteiger partial charge in [0.15, 0.2) is 0 Å². The lowest BCUT2D eigenvalue weighted by Crippen LogP contribution is -2.49. The molecule has 0 aromatic heterocycles. The second-order valence-corrected chi connectivity index (χ2v) is 5.37. The molecule has 1 aromatic carbocycles. The number of hydrogen-bond acceptors (Lipinski definition) is 6. The molecule has 0 spiro atoms. The quantitative estimate of drug-likeness (QED) is 0.643. The van der Waals surface area contributed by atoms with E-state index in [1.165, 1.54) is 12.1 Å². The van der Waals surface area contributed by atoms with E-state index in [4.69, 9.17) is 5.26 Å². The Morgan fingerprint density at radius 2 is 2.09 bits per heavy atom. The van der Waals surface area contributed by atoms with Gasteiger partial charge >= 0.3 is 0 Å². The highest BCUT2D eigenvalue weighted by Gasteiger charge is 2.18. The molecule has 1 aliphatic heterocycles. The highest BCUT2D eigenvalue weighted by atomic mass is 16.6. The Morgan fingerprint density at radius 3 is 2.65 bits per heavy atom. The zero-order valence-corrected chi connectivity index (χ0v) is 13.0. The lowest BCUT2D eigenvalue weighted by atomic mass is 10.1. The third-order valence-electron chi connectivity index (χ3n) is 3.90. The Morgan fingerprint density at radius 1 is 1.39 bits per heavy atom. The number of carbonyl (C=O) groups is 1. The SMILES string of the molecule is CC(=O)N1CCN(CCNc2ccc([N+](=O)[O-])cc2C#N)CC1. The van der Waals surface area contributed by atoms with Gasteiger partial charge in [-0.1, -0.05) is 0 Å². The maximum absolute atomic E-state index is 11.3. The van der Waals surface area contributed by atoms with Crippen molar-refractivity contribution in [2.24, 2.45) is 0 Å². The van der Waals surface area contributed by atoms with Gasteiger partial charge in [0.05, 0.1) is 16.2 Å². The first-order valence-electron chi connectivity index (χ1n) is 7.41. The average molecular weight is 317 g/mol. The molecule has 122 valence electrons. The first kappa shape index (κ1) is 16.7. The van der Waals surface area contributed by atoms with Crippen molar-refractivity contribution in [1.82, 2.24) is 9.80 Å². The number of benzene rings is 1. The maximum Gasteiger partial charge on any atom is 0.270 e. The molecule has 1 saturated heterocycles. The maximum atomic E-state index is 11.3. The molecule has 8 heteroatoms. The van der Waals surface area contributed by atoms with Crippen LogP contribution in [0.5, 0.6) is 0 Å². The van der Waals surface area contributed by atoms with E-state index in [1.807, 2.05) is 11.0 Å². The molecule has 1 heterocycles. The predicted molar refractivity (Wildman–Crippen MR) is 85.0 cm³/mol. The highest BCUT2D eigenvalue weighted by Crippen LogP contribution is 2.21. The lowest BCUT2D eigenvalue weighted by Gasteiger charge is -2.34. The molecule has 0 atom stereocenters. The van der Waals surface area contributed by atoms with Crippen LogP contribution in [-0.4, -0.2) is 59.9 Å². The minimum Gasteiger partial charge on any atom is -0.383 e. The fourth-order valence-electron chi connectivity index (χ4n) is 2.53. The first-order chi connectivity index (χ1) is 11.0. The minimum atomic E-state index is -0.515. The van der Waals surface area contributed by atoms with E-state index in [1.54, 1.807) is 13.0 Å². The van der Waals surface area contributed by atoms with Gasteiger partial charge in [0.25, 0.3) is 5.69 Å². The van der Waals surface area contributed by atoms with E-state index in [0.717, 1.165) is 32.7 Å². The number of nitrogens with one attached hydrogen (secondary N) is 1. The van der Waals surface area contributed by atoms with Crippen molar-refractivity contribution >= 4 is 17.3 Å². The smallest absolute Gasteiger partial charge is 0.270 e. The molecule has 23 heavy (non-hydrogen) atoms. The summed E-state index contributed by atoms with van der Waals surface area (Å²) in [5.74, 6) is 0.104. The summed E-state index contributed by atoms with van der Waals surface area (Å²) >= 11 is 0. The van der Waals surface area contributed by atoms with Crippen molar-refractivity contribution in [1.29, 1.82) is 5.26 Å². The summed E-state index contributed by atoms with van der Waals surface area (Å²) in [5.41, 5.74) is 0.772. The topological polar surface area (TPSA) is 103 Å². The third-order valence-corrected chi connectivity index (χ3v) is 3.90. The number of nitrogens with zero attached hydrogens (tertiary/aromatic N) is 4. The van der Waals surface area contributed by atoms with E-state index in [-0.39, 0.29) is 17.2 Å². The van der Waals surface area contributed by atoms with Crippen molar-refractivity contribution in [3.63, 3.8) is 0 Å². The van der Waals surface area contributed by atoms with Crippen LogP contribution in [0.2, 0.25) is 0 Å². The molecule has 0 aliphatic carbocycles. The van der Waals surface area contributed by atoms with Crippen LogP contribution in [0.25, 0.3) is 0 Å². The van der Waals surface area contributed by atoms with Crippen LogP contribution in [0, 0.1) is 21.4 Å². The van der Waals surface area contributed by atoms with Crippen molar-refractivity contribution in [2.45, 2.75) is 6.92 Å². The number of amides is 1. The van der Waals surface area contributed by atoms with Gasteiger partial charge < -0.3 is 10.2 Å². The summed E-state index contributed by atoms with van der Waals surface area (Å²) in [6, 6.07) is 6.19. The molecule has 2 rings (SSSR count). The molecular formula is C15H19N5O3. The fourth-order valence-corrected chi connectivity index (χ4v) is 2.53. The van der Waals surface area contributed by atoms with Crippen molar-refractivity contribution < 1.29 is 9.72 Å². The summed E-state index contributed by atoms with van der Waals surface area (Å²) in [5, 5.41) is 23.0. The second-order valence-electron chi connectivity index (χ2n) is 5.37. The number of piperazine rings is 1. The molecule has 0 radical (unpaired) electrons. The monoisotopic (exact) mass is 317 g/mol. The highest BCUT2D eigenvalue weighted by molar-refractivity contribution is 5.73. The molecule has 1 amide bonds. The number of nitro benzene ring substituents is 1. The number of nitriles is 1. The molecule has 1 fully saturated rings. The van der Waals surface area contributed by atoms with E-state index >= 15 is 0 Å². The number of carbonyl (C=O) groups excluding carboxylic acids is 1. The normalized spacial score (nSPS) is 15.0. The van der Waals surface area contributed by atoms with Crippen molar-refractivity contribution in [3.05, 3.63) is 33.9 Å².